The van der Waals surface area contributed by atoms with Crippen molar-refractivity contribution < 1.29 is 23.9 Å². The van der Waals surface area contributed by atoms with Gasteiger partial charge in [0.1, 0.15) is 16.8 Å². The van der Waals surface area contributed by atoms with Gasteiger partial charge in [-0.3, -0.25) is 19.8 Å². The van der Waals surface area contributed by atoms with Gasteiger partial charge in [0.15, 0.2) is 0 Å². The second kappa shape index (κ2) is 12.9. The number of anilines is 1. The van der Waals surface area contributed by atoms with E-state index in [0.717, 1.165) is 10.6 Å². The van der Waals surface area contributed by atoms with Crippen molar-refractivity contribution in [3.8, 4) is 6.01 Å². The van der Waals surface area contributed by atoms with Gasteiger partial charge in [-0.25, -0.2) is 9.80 Å². The number of amides is 3. The van der Waals surface area contributed by atoms with Gasteiger partial charge in [0, 0.05) is 17.5 Å². The van der Waals surface area contributed by atoms with Gasteiger partial charge < -0.3 is 19.8 Å². The summed E-state index contributed by atoms with van der Waals surface area (Å²) in [4.78, 5) is 62.9. The minimum atomic E-state index is -0.790. The Hall–Kier alpha value is -4.97. The molecule has 0 saturated carbocycles. The molecule has 4 rings (SSSR count). The Bertz CT molecular complexity index is 1740. The number of aryl methyl sites for hydroxylation is 1. The van der Waals surface area contributed by atoms with E-state index in [-0.39, 0.29) is 40.0 Å². The number of hydrogen-bond donors (Lipinski definition) is 3. The average molecular weight is 607 g/mol. The number of pyridine rings is 1. The topological polar surface area (TPSA) is 156 Å². The van der Waals surface area contributed by atoms with E-state index in [2.05, 4.69) is 25.7 Å². The monoisotopic (exact) mass is 606 g/mol. The molecule has 0 aliphatic heterocycles. The zero-order valence-corrected chi connectivity index (χ0v) is 25.0. The fourth-order valence-corrected chi connectivity index (χ4v) is 4.17. The van der Waals surface area contributed by atoms with Crippen molar-refractivity contribution in [1.29, 1.82) is 0 Å². The Morgan fingerprint density at radius 2 is 1.74 bits per heavy atom. The number of H-pyrrole nitrogens is 1. The van der Waals surface area contributed by atoms with Gasteiger partial charge in [0.25, 0.3) is 17.4 Å². The molecule has 13 heteroatoms. The normalized spacial score (nSPS) is 11.1. The van der Waals surface area contributed by atoms with Crippen LogP contribution < -0.4 is 21.0 Å². The number of rotatable bonds is 7. The smallest absolute Gasteiger partial charge is 0.429 e. The quantitative estimate of drug-likeness (QED) is 0.256. The fraction of sp³-hybridized carbons (Fsp3) is 0.267. The number of carbonyl (C=O) groups excluding carboxylic acids is 3. The summed E-state index contributed by atoms with van der Waals surface area (Å²) in [5.74, 6) is -1.41. The van der Waals surface area contributed by atoms with E-state index in [1.54, 1.807) is 27.7 Å². The lowest BCUT2D eigenvalue weighted by atomic mass is 10.1. The number of ether oxygens (including phenoxy) is 2. The van der Waals surface area contributed by atoms with Gasteiger partial charge in [0.2, 0.25) is 0 Å². The lowest BCUT2D eigenvalue weighted by Gasteiger charge is -2.27. The van der Waals surface area contributed by atoms with Crippen molar-refractivity contribution in [2.75, 3.05) is 19.0 Å². The number of methoxy groups -OCH3 is 1. The molecule has 12 nitrogen and oxygen atoms in total. The fourth-order valence-electron chi connectivity index (χ4n) is 4.00. The summed E-state index contributed by atoms with van der Waals surface area (Å²) in [6, 6.07) is 15.1. The van der Waals surface area contributed by atoms with Crippen molar-refractivity contribution in [2.24, 2.45) is 0 Å². The van der Waals surface area contributed by atoms with Crippen LogP contribution in [-0.2, 0) is 11.2 Å². The third kappa shape index (κ3) is 7.86. The Morgan fingerprint density at radius 3 is 2.42 bits per heavy atom. The number of fused-ring (bicyclic) bond motifs is 1. The highest BCUT2D eigenvalue weighted by atomic mass is 35.5. The predicted octanol–water partition coefficient (Wildman–Crippen LogP) is 4.67. The summed E-state index contributed by atoms with van der Waals surface area (Å²) >= 11 is 6.32. The van der Waals surface area contributed by atoms with Crippen LogP contribution in [0.15, 0.2) is 59.4 Å². The minimum absolute atomic E-state index is 0.0741. The van der Waals surface area contributed by atoms with Crippen LogP contribution in [0.1, 0.15) is 52.7 Å². The Labute approximate surface area is 252 Å². The minimum Gasteiger partial charge on any atom is -0.467 e. The molecule has 0 saturated heterocycles. The molecule has 2 heterocycles. The maximum atomic E-state index is 13.3. The molecule has 3 amide bonds. The molecule has 0 aliphatic carbocycles. The molecule has 0 spiro atoms. The van der Waals surface area contributed by atoms with Gasteiger partial charge in [0.05, 0.1) is 23.5 Å². The average Bonchev–Trinajstić information content (AvgIpc) is 2.95. The number of aromatic nitrogens is 3. The zero-order chi connectivity index (χ0) is 31.3. The molecule has 43 heavy (non-hydrogen) atoms. The Kier molecular flexibility index (Phi) is 9.30. The van der Waals surface area contributed by atoms with Crippen LogP contribution in [0.4, 0.5) is 10.5 Å². The van der Waals surface area contributed by atoms with Crippen molar-refractivity contribution in [3.05, 3.63) is 92.4 Å². The molecule has 3 N–H and O–H groups in total. The molecule has 0 radical (unpaired) electrons. The van der Waals surface area contributed by atoms with E-state index in [4.69, 9.17) is 21.1 Å². The van der Waals surface area contributed by atoms with Crippen LogP contribution in [0, 0.1) is 6.92 Å². The third-order valence-electron chi connectivity index (χ3n) is 6.10. The lowest BCUT2D eigenvalue weighted by molar-refractivity contribution is 0.0136. The molecule has 0 unspecified atom stereocenters. The molecule has 0 aliphatic rings. The highest BCUT2D eigenvalue weighted by Gasteiger charge is 2.25. The summed E-state index contributed by atoms with van der Waals surface area (Å²) in [6.07, 6.45) is -0.272. The molecule has 0 fully saturated rings. The zero-order valence-electron chi connectivity index (χ0n) is 24.3. The molecule has 2 aromatic heterocycles. The van der Waals surface area contributed by atoms with Crippen molar-refractivity contribution in [1.82, 2.24) is 25.4 Å². The first kappa shape index (κ1) is 31.0. The number of benzene rings is 2. The maximum Gasteiger partial charge on any atom is 0.429 e. The van der Waals surface area contributed by atoms with Crippen molar-refractivity contribution >= 4 is 46.2 Å². The molecule has 2 aromatic carbocycles. The number of nitrogens with one attached hydrogen (secondary N) is 3. The number of carbonyl (C=O) groups is 3. The number of aromatic amines is 1. The van der Waals surface area contributed by atoms with E-state index in [1.807, 2.05) is 30.3 Å². The van der Waals surface area contributed by atoms with Gasteiger partial charge >= 0.3 is 12.1 Å². The van der Waals surface area contributed by atoms with Gasteiger partial charge in [-0.1, -0.05) is 41.9 Å². The number of halogens is 1. The van der Waals surface area contributed by atoms with Gasteiger partial charge in [-0.15, -0.1) is 0 Å². The van der Waals surface area contributed by atoms with E-state index >= 15 is 0 Å². The summed E-state index contributed by atoms with van der Waals surface area (Å²) < 4.78 is 10.5. The molecule has 0 atom stereocenters. The first-order chi connectivity index (χ1) is 20.3. The molecule has 0 bridgehead atoms. The number of hydrazine groups is 1. The summed E-state index contributed by atoms with van der Waals surface area (Å²) in [6.45, 7) is 7.00. The second-order valence-corrected chi connectivity index (χ2v) is 10.9. The van der Waals surface area contributed by atoms with E-state index in [1.165, 1.54) is 31.4 Å². The Balaban J connectivity index is 1.55. The SMILES string of the molecule is COc1nc(C)c2cc(C(=O)Nc3cc(C(=O)NN(CCc4ccccc4)C(=O)OC(C)(C)C)ccc3Cl)c(=O)[nH]c2n1. The number of hydrogen-bond acceptors (Lipinski definition) is 8. The Morgan fingerprint density at radius 1 is 1.02 bits per heavy atom. The van der Waals surface area contributed by atoms with Crippen molar-refractivity contribution in [2.45, 2.75) is 39.7 Å². The standard InChI is InChI=1S/C30H31ClN6O6/c1-17-20-16-21(27(40)34-24(20)35-28(32-17)42-5)26(39)33-23-15-19(11-12-22(23)31)25(38)36-37(29(41)43-30(2,3)4)14-13-18-9-7-6-8-10-18/h6-12,15-16H,13-14H2,1-5H3,(H,33,39)(H,36,38)(H,32,34,35,40). The molecule has 4 aromatic rings. The van der Waals surface area contributed by atoms with Crippen LogP contribution in [0.5, 0.6) is 6.01 Å². The van der Waals surface area contributed by atoms with Crippen LogP contribution >= 0.6 is 11.6 Å². The molecular formula is C30H31ClN6O6. The predicted molar refractivity (Wildman–Crippen MR) is 161 cm³/mol. The summed E-state index contributed by atoms with van der Waals surface area (Å²) in [7, 11) is 1.40. The van der Waals surface area contributed by atoms with Gasteiger partial charge in [-0.05, 0) is 63.9 Å². The molecular weight excluding hydrogens is 576 g/mol. The van der Waals surface area contributed by atoms with Gasteiger partial charge in [-0.2, -0.15) is 9.97 Å². The van der Waals surface area contributed by atoms with Crippen LogP contribution in [-0.4, -0.2) is 57.1 Å². The van der Waals surface area contributed by atoms with E-state index < -0.39 is 29.1 Å². The third-order valence-corrected chi connectivity index (χ3v) is 6.43. The molecule has 224 valence electrons. The summed E-state index contributed by atoms with van der Waals surface area (Å²) in [5.41, 5.74) is 2.73. The highest BCUT2D eigenvalue weighted by Crippen LogP contribution is 2.24. The first-order valence-corrected chi connectivity index (χ1v) is 13.6. The van der Waals surface area contributed by atoms with E-state index in [9.17, 15) is 19.2 Å². The summed E-state index contributed by atoms with van der Waals surface area (Å²) in [5, 5.41) is 4.25. The van der Waals surface area contributed by atoms with Crippen LogP contribution in [0.3, 0.4) is 0 Å². The highest BCUT2D eigenvalue weighted by molar-refractivity contribution is 6.34. The van der Waals surface area contributed by atoms with Crippen LogP contribution in [0.25, 0.3) is 11.0 Å². The lowest BCUT2D eigenvalue weighted by Crippen LogP contribution is -2.49. The van der Waals surface area contributed by atoms with Crippen molar-refractivity contribution in [3.63, 3.8) is 0 Å². The maximum absolute atomic E-state index is 13.3. The largest absolute Gasteiger partial charge is 0.467 e. The number of nitrogens with zero attached hydrogens (tertiary/aromatic N) is 3. The van der Waals surface area contributed by atoms with Crippen LogP contribution in [0.2, 0.25) is 5.02 Å². The second-order valence-electron chi connectivity index (χ2n) is 10.5. The van der Waals surface area contributed by atoms with E-state index in [0.29, 0.717) is 17.5 Å². The first-order valence-electron chi connectivity index (χ1n) is 13.3.